The summed E-state index contributed by atoms with van der Waals surface area (Å²) < 4.78 is 45.8. The highest BCUT2D eigenvalue weighted by Gasteiger charge is 2.32. The third-order valence-electron chi connectivity index (χ3n) is 2.51. The third kappa shape index (κ3) is 3.50. The van der Waals surface area contributed by atoms with Crippen LogP contribution in [0.3, 0.4) is 0 Å². The van der Waals surface area contributed by atoms with Crippen molar-refractivity contribution >= 4 is 15.9 Å². The first-order valence-corrected chi connectivity index (χ1v) is 6.29. The van der Waals surface area contributed by atoms with E-state index in [4.69, 9.17) is 4.74 Å². The molecule has 5 heteroatoms. The molecule has 2 aromatic rings. The Hall–Kier alpha value is -1.49. The lowest BCUT2D eigenvalue weighted by Crippen LogP contribution is -2.23. The molecule has 0 aliphatic rings. The van der Waals surface area contributed by atoms with Crippen molar-refractivity contribution in [3.05, 3.63) is 64.4 Å². The molecule has 0 radical (unpaired) electrons. The van der Waals surface area contributed by atoms with Gasteiger partial charge < -0.3 is 4.74 Å². The topological polar surface area (TPSA) is 9.23 Å². The summed E-state index contributed by atoms with van der Waals surface area (Å²) in [6.07, 6.45) is 0. The highest BCUT2D eigenvalue weighted by molar-refractivity contribution is 9.10. The van der Waals surface area contributed by atoms with E-state index < -0.39 is 18.3 Å². The van der Waals surface area contributed by atoms with Gasteiger partial charge in [0.25, 0.3) is 0 Å². The van der Waals surface area contributed by atoms with Crippen molar-refractivity contribution in [1.29, 1.82) is 0 Å². The van der Waals surface area contributed by atoms with Gasteiger partial charge >= 0.3 is 5.92 Å². The average Bonchev–Trinajstić information content (AvgIpc) is 2.41. The van der Waals surface area contributed by atoms with Crippen LogP contribution in [-0.2, 0) is 5.92 Å². The summed E-state index contributed by atoms with van der Waals surface area (Å²) in [6, 6.07) is 11.2. The summed E-state index contributed by atoms with van der Waals surface area (Å²) in [4.78, 5) is 0. The fraction of sp³-hybridized carbons (Fsp3) is 0.143. The molecule has 0 heterocycles. The van der Waals surface area contributed by atoms with Crippen LogP contribution in [0.15, 0.2) is 53.0 Å². The van der Waals surface area contributed by atoms with Crippen molar-refractivity contribution in [3.8, 4) is 5.75 Å². The standard InChI is InChI=1S/C14H10BrF3O/c15-12-8-11(6-7-13(12)16)19-9-14(17,18)10-4-2-1-3-5-10/h1-8H,9H2. The van der Waals surface area contributed by atoms with E-state index in [2.05, 4.69) is 15.9 Å². The predicted molar refractivity (Wildman–Crippen MR) is 69.9 cm³/mol. The number of halogens is 4. The molecule has 19 heavy (non-hydrogen) atoms. The van der Waals surface area contributed by atoms with Crippen LogP contribution in [0.25, 0.3) is 0 Å². The first-order valence-electron chi connectivity index (χ1n) is 5.50. The Morgan fingerprint density at radius 2 is 1.74 bits per heavy atom. The van der Waals surface area contributed by atoms with Crippen LogP contribution in [0, 0.1) is 5.82 Å². The van der Waals surface area contributed by atoms with Gasteiger partial charge in [0, 0.05) is 5.56 Å². The fourth-order valence-electron chi connectivity index (χ4n) is 1.51. The molecule has 0 amide bonds. The monoisotopic (exact) mass is 330 g/mol. The minimum atomic E-state index is -3.10. The first-order chi connectivity index (χ1) is 8.99. The second-order valence-electron chi connectivity index (χ2n) is 3.94. The normalized spacial score (nSPS) is 11.4. The Balaban J connectivity index is 2.07. The van der Waals surface area contributed by atoms with Crippen LogP contribution >= 0.6 is 15.9 Å². The first kappa shape index (κ1) is 13.9. The molecule has 0 N–H and O–H groups in total. The van der Waals surface area contributed by atoms with E-state index in [9.17, 15) is 13.2 Å². The minimum absolute atomic E-state index is 0.115. The Morgan fingerprint density at radius 1 is 1.05 bits per heavy atom. The summed E-state index contributed by atoms with van der Waals surface area (Å²) in [6.45, 7) is -0.797. The lowest BCUT2D eigenvalue weighted by atomic mass is 10.1. The maximum atomic E-state index is 13.8. The molecule has 0 bridgehead atoms. The van der Waals surface area contributed by atoms with Crippen molar-refractivity contribution in [2.45, 2.75) is 5.92 Å². The van der Waals surface area contributed by atoms with Crippen LogP contribution in [-0.4, -0.2) is 6.61 Å². The van der Waals surface area contributed by atoms with Crippen molar-refractivity contribution in [3.63, 3.8) is 0 Å². The molecule has 0 spiro atoms. The number of ether oxygens (including phenoxy) is 1. The van der Waals surface area contributed by atoms with Gasteiger partial charge in [-0.05, 0) is 34.1 Å². The largest absolute Gasteiger partial charge is 0.487 e. The highest BCUT2D eigenvalue weighted by atomic mass is 79.9. The van der Waals surface area contributed by atoms with Gasteiger partial charge in [-0.25, -0.2) is 4.39 Å². The summed E-state index contributed by atoms with van der Waals surface area (Å²) in [5.41, 5.74) is -0.115. The van der Waals surface area contributed by atoms with E-state index in [1.165, 1.54) is 36.4 Å². The SMILES string of the molecule is Fc1ccc(OCC(F)(F)c2ccccc2)cc1Br. The maximum absolute atomic E-state index is 13.8. The van der Waals surface area contributed by atoms with E-state index in [0.717, 1.165) is 6.07 Å². The average molecular weight is 331 g/mol. The van der Waals surface area contributed by atoms with E-state index >= 15 is 0 Å². The van der Waals surface area contributed by atoms with Crippen LogP contribution in [0.4, 0.5) is 13.2 Å². The van der Waals surface area contributed by atoms with E-state index in [0.29, 0.717) is 0 Å². The zero-order valence-corrected chi connectivity index (χ0v) is 11.3. The Labute approximate surface area is 117 Å². The number of alkyl halides is 2. The van der Waals surface area contributed by atoms with Crippen molar-refractivity contribution in [1.82, 2.24) is 0 Å². The molecule has 0 aromatic heterocycles. The zero-order chi connectivity index (χ0) is 13.9. The molecule has 1 nitrogen and oxygen atoms in total. The smallest absolute Gasteiger partial charge is 0.306 e. The van der Waals surface area contributed by atoms with Crippen molar-refractivity contribution < 1.29 is 17.9 Å². The lowest BCUT2D eigenvalue weighted by molar-refractivity contribution is -0.0467. The Kier molecular flexibility index (Phi) is 4.14. The van der Waals surface area contributed by atoms with Crippen LogP contribution in [0.5, 0.6) is 5.75 Å². The Bertz CT molecular complexity index is 558. The molecule has 0 atom stereocenters. The molecule has 0 aliphatic carbocycles. The lowest BCUT2D eigenvalue weighted by Gasteiger charge is -2.17. The van der Waals surface area contributed by atoms with Gasteiger partial charge in [-0.15, -0.1) is 0 Å². The van der Waals surface area contributed by atoms with Gasteiger partial charge in [-0.1, -0.05) is 30.3 Å². The summed E-state index contributed by atoms with van der Waals surface area (Å²) in [7, 11) is 0. The zero-order valence-electron chi connectivity index (χ0n) is 9.75. The molecule has 100 valence electrons. The quantitative estimate of drug-likeness (QED) is 0.785. The molecule has 2 rings (SSSR count). The van der Waals surface area contributed by atoms with Gasteiger partial charge in [0.1, 0.15) is 11.6 Å². The minimum Gasteiger partial charge on any atom is -0.487 e. The van der Waals surface area contributed by atoms with Crippen LogP contribution in [0.1, 0.15) is 5.56 Å². The van der Waals surface area contributed by atoms with Crippen LogP contribution < -0.4 is 4.74 Å². The molecule has 0 saturated heterocycles. The third-order valence-corrected chi connectivity index (χ3v) is 3.12. The maximum Gasteiger partial charge on any atom is 0.306 e. The van der Waals surface area contributed by atoms with E-state index in [1.807, 2.05) is 0 Å². The van der Waals surface area contributed by atoms with Gasteiger partial charge in [0.15, 0.2) is 6.61 Å². The van der Waals surface area contributed by atoms with Crippen molar-refractivity contribution in [2.75, 3.05) is 6.61 Å². The molecule has 0 saturated carbocycles. The second kappa shape index (κ2) is 5.65. The number of benzene rings is 2. The van der Waals surface area contributed by atoms with E-state index in [-0.39, 0.29) is 15.8 Å². The molecule has 0 aliphatic heterocycles. The number of hydrogen-bond donors (Lipinski definition) is 0. The fourth-order valence-corrected chi connectivity index (χ4v) is 1.86. The van der Waals surface area contributed by atoms with Crippen LogP contribution in [0.2, 0.25) is 0 Å². The van der Waals surface area contributed by atoms with E-state index in [1.54, 1.807) is 6.07 Å². The summed E-state index contributed by atoms with van der Waals surface area (Å²) in [5.74, 6) is -3.38. The second-order valence-corrected chi connectivity index (χ2v) is 4.79. The molecular weight excluding hydrogens is 321 g/mol. The highest BCUT2D eigenvalue weighted by Crippen LogP contribution is 2.29. The van der Waals surface area contributed by atoms with Crippen molar-refractivity contribution in [2.24, 2.45) is 0 Å². The van der Waals surface area contributed by atoms with Gasteiger partial charge in [0.2, 0.25) is 0 Å². The van der Waals surface area contributed by atoms with Gasteiger partial charge in [0.05, 0.1) is 4.47 Å². The van der Waals surface area contributed by atoms with Gasteiger partial charge in [-0.2, -0.15) is 8.78 Å². The number of rotatable bonds is 4. The van der Waals surface area contributed by atoms with Gasteiger partial charge in [-0.3, -0.25) is 0 Å². The predicted octanol–water partition coefficient (Wildman–Crippen LogP) is 4.76. The molecule has 2 aromatic carbocycles. The molecule has 0 unspecified atom stereocenters. The number of hydrogen-bond acceptors (Lipinski definition) is 1. The summed E-state index contributed by atoms with van der Waals surface area (Å²) in [5, 5.41) is 0. The molecular formula is C14H10BrF3O. The summed E-state index contributed by atoms with van der Waals surface area (Å²) >= 11 is 2.97. The Morgan fingerprint density at radius 3 is 2.37 bits per heavy atom. The molecule has 0 fully saturated rings.